The molecule has 0 aliphatic heterocycles. The first kappa shape index (κ1) is 17.4. The predicted octanol–water partition coefficient (Wildman–Crippen LogP) is 4.27. The summed E-state index contributed by atoms with van der Waals surface area (Å²) >= 11 is 0. The van der Waals surface area contributed by atoms with Gasteiger partial charge in [0.15, 0.2) is 0 Å². The number of hydrogen-bond acceptors (Lipinski definition) is 1. The van der Waals surface area contributed by atoms with E-state index in [1.807, 2.05) is 0 Å². The van der Waals surface area contributed by atoms with Gasteiger partial charge in [-0.3, -0.25) is 0 Å². The van der Waals surface area contributed by atoms with Gasteiger partial charge in [0.25, 0.3) is 9.04 Å². The van der Waals surface area contributed by atoms with Crippen LogP contribution in [0.4, 0.5) is 0 Å². The minimum Gasteiger partial charge on any atom is -0.404 e. The molecule has 2 aromatic carbocycles. The maximum atomic E-state index is 6.91. The van der Waals surface area contributed by atoms with E-state index >= 15 is 0 Å². The Kier molecular flexibility index (Phi) is 5.91. The maximum Gasteiger partial charge on any atom is 0.283 e. The highest BCUT2D eigenvalue weighted by molar-refractivity contribution is 6.80. The van der Waals surface area contributed by atoms with Crippen LogP contribution in [0.25, 0.3) is 0 Å². The van der Waals surface area contributed by atoms with Crippen LogP contribution in [0.3, 0.4) is 0 Å². The third-order valence-corrected chi connectivity index (χ3v) is 7.56. The lowest BCUT2D eigenvalue weighted by Crippen LogP contribution is -2.50. The fourth-order valence-electron chi connectivity index (χ4n) is 3.88. The molecule has 1 fully saturated rings. The van der Waals surface area contributed by atoms with Gasteiger partial charge in [0.05, 0.1) is 0 Å². The molecule has 2 heteroatoms. The molecule has 0 amide bonds. The van der Waals surface area contributed by atoms with Gasteiger partial charge in [-0.25, -0.2) is 0 Å². The summed E-state index contributed by atoms with van der Waals surface area (Å²) in [6.45, 7) is 7.09. The number of benzene rings is 2. The summed E-state index contributed by atoms with van der Waals surface area (Å²) < 4.78 is 6.91. The van der Waals surface area contributed by atoms with Crippen molar-refractivity contribution in [2.45, 2.75) is 46.1 Å². The summed E-state index contributed by atoms with van der Waals surface area (Å²) in [7, 11) is -1.19. The van der Waals surface area contributed by atoms with Crippen molar-refractivity contribution in [3.8, 4) is 0 Å². The molecule has 1 aliphatic rings. The van der Waals surface area contributed by atoms with E-state index in [0.29, 0.717) is 17.9 Å². The molecule has 0 aromatic heterocycles. The summed E-state index contributed by atoms with van der Waals surface area (Å²) in [6, 6.07) is 21.7. The zero-order valence-corrected chi connectivity index (χ0v) is 16.1. The summed E-state index contributed by atoms with van der Waals surface area (Å²) in [5.41, 5.74) is 0. The second-order valence-electron chi connectivity index (χ2n) is 7.54. The van der Waals surface area contributed by atoms with Gasteiger partial charge in [-0.2, -0.15) is 0 Å². The lowest BCUT2D eigenvalue weighted by molar-refractivity contribution is 0.0475. The largest absolute Gasteiger partial charge is 0.404 e. The molecule has 1 nitrogen and oxygen atoms in total. The lowest BCUT2D eigenvalue weighted by Gasteiger charge is -2.39. The minimum absolute atomic E-state index is 0.392. The highest BCUT2D eigenvalue weighted by atomic mass is 28.3. The molecule has 127 valence electrons. The smallest absolute Gasteiger partial charge is 0.283 e. The number of hydrogen-bond donors (Lipinski definition) is 0. The molecule has 1 radical (unpaired) electrons. The third kappa shape index (κ3) is 4.17. The zero-order chi connectivity index (χ0) is 16.9. The Morgan fingerprint density at radius 1 is 0.875 bits per heavy atom. The lowest BCUT2D eigenvalue weighted by atomic mass is 9.75. The van der Waals surface area contributed by atoms with Crippen molar-refractivity contribution >= 4 is 19.4 Å². The van der Waals surface area contributed by atoms with E-state index < -0.39 is 9.04 Å². The molecular weight excluding hydrogens is 308 g/mol. The van der Waals surface area contributed by atoms with Gasteiger partial charge in [0.2, 0.25) is 0 Å². The monoisotopic (exact) mass is 337 g/mol. The van der Waals surface area contributed by atoms with Gasteiger partial charge in [0, 0.05) is 6.10 Å². The Morgan fingerprint density at radius 2 is 1.42 bits per heavy atom. The third-order valence-electron chi connectivity index (χ3n) is 5.30. The molecule has 1 aliphatic carbocycles. The van der Waals surface area contributed by atoms with E-state index in [4.69, 9.17) is 4.43 Å². The molecule has 1 saturated carbocycles. The van der Waals surface area contributed by atoms with Gasteiger partial charge in [-0.15, -0.1) is 0 Å². The fraction of sp³-hybridized carbons (Fsp3) is 0.455. The summed E-state index contributed by atoms with van der Waals surface area (Å²) in [6.07, 6.45) is 4.25. The van der Waals surface area contributed by atoms with E-state index in [1.165, 1.54) is 29.6 Å². The molecule has 0 saturated heterocycles. The van der Waals surface area contributed by atoms with Gasteiger partial charge in [-0.05, 0) is 41.0 Å². The van der Waals surface area contributed by atoms with Crippen molar-refractivity contribution in [1.82, 2.24) is 0 Å². The van der Waals surface area contributed by atoms with E-state index in [9.17, 15) is 0 Å². The normalized spacial score (nSPS) is 24.5. The first-order valence-electron chi connectivity index (χ1n) is 9.29. The molecule has 3 atom stereocenters. The topological polar surface area (TPSA) is 9.23 Å². The van der Waals surface area contributed by atoms with Crippen molar-refractivity contribution in [3.63, 3.8) is 0 Å². The first-order chi connectivity index (χ1) is 11.6. The van der Waals surface area contributed by atoms with Crippen molar-refractivity contribution in [2.75, 3.05) is 0 Å². The zero-order valence-electron chi connectivity index (χ0n) is 15.1. The van der Waals surface area contributed by atoms with Crippen LogP contribution in [0.5, 0.6) is 0 Å². The standard InChI is InChI=1S/C22H29OSi/c1-17(2)21-15-14-18(3)16-22(21)23-24(19-10-6-4-7-11-19)20-12-8-5-9-13-20/h4-13,17-18,21-22H,14-16H2,1-3H3/t18-,21+,22+/m1/s1. The second-order valence-corrected chi connectivity index (χ2v) is 9.59. The molecule has 2 aromatic rings. The van der Waals surface area contributed by atoms with Crippen LogP contribution < -0.4 is 10.4 Å². The second kappa shape index (κ2) is 8.13. The highest BCUT2D eigenvalue weighted by Crippen LogP contribution is 2.35. The molecule has 0 heterocycles. The molecule has 3 rings (SSSR count). The average molecular weight is 338 g/mol. The van der Waals surface area contributed by atoms with Crippen LogP contribution in [0.1, 0.15) is 40.0 Å². The Bertz CT molecular complexity index is 571. The molecule has 0 N–H and O–H groups in total. The first-order valence-corrected chi connectivity index (χ1v) is 10.7. The molecule has 0 unspecified atom stereocenters. The van der Waals surface area contributed by atoms with Crippen molar-refractivity contribution in [3.05, 3.63) is 60.7 Å². The van der Waals surface area contributed by atoms with E-state index in [-0.39, 0.29) is 0 Å². The van der Waals surface area contributed by atoms with Crippen LogP contribution in [-0.4, -0.2) is 15.1 Å². The maximum absolute atomic E-state index is 6.91. The van der Waals surface area contributed by atoms with E-state index in [1.54, 1.807) is 0 Å². The number of rotatable bonds is 5. The Hall–Kier alpha value is -1.38. The van der Waals surface area contributed by atoms with Crippen LogP contribution in [0.2, 0.25) is 0 Å². The van der Waals surface area contributed by atoms with Crippen molar-refractivity contribution in [1.29, 1.82) is 0 Å². The Balaban J connectivity index is 1.88. The molecule has 24 heavy (non-hydrogen) atoms. The molecule has 0 bridgehead atoms. The predicted molar refractivity (Wildman–Crippen MR) is 104 cm³/mol. The van der Waals surface area contributed by atoms with Crippen LogP contribution in [-0.2, 0) is 4.43 Å². The van der Waals surface area contributed by atoms with Gasteiger partial charge in [0.1, 0.15) is 0 Å². The van der Waals surface area contributed by atoms with Crippen molar-refractivity contribution < 1.29 is 4.43 Å². The van der Waals surface area contributed by atoms with Crippen LogP contribution in [0.15, 0.2) is 60.7 Å². The van der Waals surface area contributed by atoms with E-state index in [0.717, 1.165) is 5.92 Å². The van der Waals surface area contributed by atoms with Crippen molar-refractivity contribution in [2.24, 2.45) is 17.8 Å². The SMILES string of the molecule is CC(C)[C@@H]1CC[C@@H](C)C[C@@H]1O[Si](c1ccccc1)c1ccccc1. The van der Waals surface area contributed by atoms with Gasteiger partial charge < -0.3 is 4.43 Å². The molecule has 0 spiro atoms. The van der Waals surface area contributed by atoms with Gasteiger partial charge >= 0.3 is 0 Å². The average Bonchev–Trinajstić information content (AvgIpc) is 2.61. The Morgan fingerprint density at radius 3 is 1.92 bits per heavy atom. The van der Waals surface area contributed by atoms with E-state index in [2.05, 4.69) is 81.4 Å². The highest BCUT2D eigenvalue weighted by Gasteiger charge is 2.34. The summed E-state index contributed by atoms with van der Waals surface area (Å²) in [5, 5.41) is 2.71. The summed E-state index contributed by atoms with van der Waals surface area (Å²) in [4.78, 5) is 0. The fourth-order valence-corrected chi connectivity index (χ4v) is 6.05. The van der Waals surface area contributed by atoms with Gasteiger partial charge in [-0.1, -0.05) is 87.9 Å². The van der Waals surface area contributed by atoms with Crippen LogP contribution >= 0.6 is 0 Å². The van der Waals surface area contributed by atoms with Crippen LogP contribution in [0, 0.1) is 17.8 Å². The molecular formula is C22H29OSi. The minimum atomic E-state index is -1.19. The Labute approximate surface area is 148 Å². The summed E-state index contributed by atoms with van der Waals surface area (Å²) in [5.74, 6) is 2.16. The quantitative estimate of drug-likeness (QED) is 0.740.